The molecule has 3 aromatic rings. The van der Waals surface area contributed by atoms with Crippen LogP contribution in [-0.2, 0) is 27.7 Å². The summed E-state index contributed by atoms with van der Waals surface area (Å²) in [5.41, 5.74) is 2.61. The van der Waals surface area contributed by atoms with Gasteiger partial charge in [0, 0.05) is 18.5 Å². The average molecular weight is 616 g/mol. The monoisotopic (exact) mass is 615 g/mol. The van der Waals surface area contributed by atoms with Crippen LogP contribution in [0.4, 0.5) is 10.1 Å². The van der Waals surface area contributed by atoms with Gasteiger partial charge in [-0.25, -0.2) is 12.8 Å². The molecule has 0 bridgehead atoms. The molecule has 2 aliphatic heterocycles. The summed E-state index contributed by atoms with van der Waals surface area (Å²) in [5.74, 6) is 0.700. The average Bonchev–Trinajstić information content (AvgIpc) is 3.34. The summed E-state index contributed by atoms with van der Waals surface area (Å²) in [6.07, 6.45) is 4.74. The van der Waals surface area contributed by atoms with Crippen LogP contribution in [0.2, 0.25) is 5.02 Å². The zero-order valence-corrected chi connectivity index (χ0v) is 25.6. The van der Waals surface area contributed by atoms with Crippen molar-refractivity contribution in [1.82, 2.24) is 9.78 Å². The van der Waals surface area contributed by atoms with Crippen molar-refractivity contribution in [3.63, 3.8) is 0 Å². The normalized spacial score (nSPS) is 16.8. The first-order valence-corrected chi connectivity index (χ1v) is 15.9. The van der Waals surface area contributed by atoms with E-state index in [2.05, 4.69) is 11.7 Å². The van der Waals surface area contributed by atoms with Gasteiger partial charge in [-0.15, -0.1) is 5.10 Å². The van der Waals surface area contributed by atoms with Crippen molar-refractivity contribution in [3.8, 4) is 11.6 Å². The fourth-order valence-electron chi connectivity index (χ4n) is 5.46. The van der Waals surface area contributed by atoms with Crippen LogP contribution in [-0.4, -0.2) is 44.6 Å². The summed E-state index contributed by atoms with van der Waals surface area (Å²) < 4.78 is 64.2. The number of rotatable bonds is 10. The number of sulfonamides is 1. The number of hydrogen-bond donors (Lipinski definition) is 0. The molecule has 0 fully saturated rings. The molecule has 3 heterocycles. The maximum Gasteiger partial charge on any atom is 0.271 e. The second-order valence-electron chi connectivity index (χ2n) is 10.4. The van der Waals surface area contributed by atoms with Crippen LogP contribution < -0.4 is 13.8 Å². The molecule has 0 amide bonds. The summed E-state index contributed by atoms with van der Waals surface area (Å²) in [5, 5.41) is 4.82. The maximum absolute atomic E-state index is 14.6. The number of allylic oxidation sites excluding steroid dienone is 2. The van der Waals surface area contributed by atoms with Gasteiger partial charge in [0.15, 0.2) is 4.90 Å². The van der Waals surface area contributed by atoms with Crippen molar-refractivity contribution in [2.45, 2.75) is 63.5 Å². The lowest BCUT2D eigenvalue weighted by Gasteiger charge is -2.36. The Morgan fingerprint density at radius 1 is 1.29 bits per heavy atom. The molecule has 1 aromatic heterocycles. The Hall–Kier alpha value is -3.50. The summed E-state index contributed by atoms with van der Waals surface area (Å²) in [6.45, 7) is 8.46. The maximum atomic E-state index is 14.6. The van der Waals surface area contributed by atoms with E-state index in [1.54, 1.807) is 56.0 Å². The quantitative estimate of drug-likeness (QED) is 0.183. The van der Waals surface area contributed by atoms with Gasteiger partial charge in [0.25, 0.3) is 15.9 Å². The van der Waals surface area contributed by atoms with Gasteiger partial charge in [0.2, 0.25) is 0 Å². The molecule has 5 rings (SSSR count). The van der Waals surface area contributed by atoms with E-state index in [0.29, 0.717) is 70.4 Å². The minimum absolute atomic E-state index is 0.0772. The van der Waals surface area contributed by atoms with Crippen LogP contribution in [0.3, 0.4) is 0 Å². The van der Waals surface area contributed by atoms with Crippen molar-refractivity contribution in [2.75, 3.05) is 24.6 Å². The lowest BCUT2D eigenvalue weighted by atomic mass is 10.0. The van der Waals surface area contributed by atoms with Gasteiger partial charge in [-0.2, -0.15) is 0 Å². The summed E-state index contributed by atoms with van der Waals surface area (Å²) in [7, 11) is -2.57. The lowest BCUT2D eigenvalue weighted by molar-refractivity contribution is 0.178. The second-order valence-corrected chi connectivity index (χ2v) is 12.6. The molecule has 42 heavy (non-hydrogen) atoms. The van der Waals surface area contributed by atoms with Crippen LogP contribution in [0.25, 0.3) is 11.6 Å². The third kappa shape index (κ3) is 5.87. The van der Waals surface area contributed by atoms with Gasteiger partial charge in [0.1, 0.15) is 17.7 Å². The smallest absolute Gasteiger partial charge is 0.271 e. The first-order valence-electron chi connectivity index (χ1n) is 14.0. The minimum atomic E-state index is -4.12. The highest BCUT2D eigenvalue weighted by molar-refractivity contribution is 7.93. The lowest BCUT2D eigenvalue weighted by Crippen LogP contribution is -2.44. The molecule has 0 saturated carbocycles. The Balaban J connectivity index is 1.60. The van der Waals surface area contributed by atoms with E-state index >= 15 is 0 Å². The largest absolute Gasteiger partial charge is 0.502 e. The molecule has 0 spiro atoms. The predicted octanol–water partition coefficient (Wildman–Crippen LogP) is 6.87. The topological polar surface area (TPSA) is 82.9 Å². The number of aryl methyl sites for hydroxylation is 1. The molecular weight excluding hydrogens is 581 g/mol. The first-order chi connectivity index (χ1) is 20.1. The molecule has 0 aliphatic carbocycles. The van der Waals surface area contributed by atoms with E-state index in [-0.39, 0.29) is 23.9 Å². The van der Waals surface area contributed by atoms with Gasteiger partial charge >= 0.3 is 0 Å². The summed E-state index contributed by atoms with van der Waals surface area (Å²) in [4.78, 5) is 0.104. The molecule has 0 saturated heterocycles. The van der Waals surface area contributed by atoms with Gasteiger partial charge in [0.05, 0.1) is 42.4 Å². The van der Waals surface area contributed by atoms with Crippen molar-refractivity contribution in [3.05, 3.63) is 76.4 Å². The van der Waals surface area contributed by atoms with E-state index in [1.807, 2.05) is 6.07 Å². The third-order valence-corrected chi connectivity index (χ3v) is 9.70. The van der Waals surface area contributed by atoms with E-state index in [9.17, 15) is 12.8 Å². The van der Waals surface area contributed by atoms with Gasteiger partial charge in [-0.3, -0.25) is 8.99 Å². The van der Waals surface area contributed by atoms with Crippen LogP contribution in [0.5, 0.6) is 11.6 Å². The number of halogens is 2. The van der Waals surface area contributed by atoms with Crippen molar-refractivity contribution in [1.29, 1.82) is 0 Å². The Kier molecular flexibility index (Phi) is 8.84. The number of benzene rings is 2. The second kappa shape index (κ2) is 12.4. The SMILES string of the molecule is C=C(CC[C@H]1CN(S(=O)(=O)c2c(OCC)nn3c2CCCC3)c2cc(/C=C(\C)c3c(F)cccc3Cl)ccc2O1)OC. The Morgan fingerprint density at radius 3 is 2.83 bits per heavy atom. The molecule has 0 radical (unpaired) electrons. The molecule has 0 unspecified atom stereocenters. The van der Waals surface area contributed by atoms with Crippen LogP contribution in [0.15, 0.2) is 53.6 Å². The zero-order valence-electron chi connectivity index (χ0n) is 24.0. The number of anilines is 1. The molecule has 11 heteroatoms. The molecule has 1 atom stereocenters. The van der Waals surface area contributed by atoms with Crippen LogP contribution in [0, 0.1) is 5.82 Å². The van der Waals surface area contributed by atoms with Gasteiger partial charge in [-0.05, 0) is 74.9 Å². The van der Waals surface area contributed by atoms with E-state index in [0.717, 1.165) is 12.8 Å². The minimum Gasteiger partial charge on any atom is -0.502 e. The van der Waals surface area contributed by atoms with Gasteiger partial charge < -0.3 is 14.2 Å². The molecule has 0 N–H and O–H groups in total. The molecule has 2 aliphatic rings. The first kappa shape index (κ1) is 30.0. The van der Waals surface area contributed by atoms with Crippen molar-refractivity contribution >= 4 is 39.0 Å². The number of ether oxygens (including phenoxy) is 3. The highest BCUT2D eigenvalue weighted by atomic mass is 35.5. The van der Waals surface area contributed by atoms with Crippen LogP contribution in [0.1, 0.15) is 56.4 Å². The molecule has 8 nitrogen and oxygen atoms in total. The Morgan fingerprint density at radius 2 is 2.10 bits per heavy atom. The van der Waals surface area contributed by atoms with Crippen molar-refractivity contribution < 1.29 is 27.0 Å². The molecule has 224 valence electrons. The zero-order chi connectivity index (χ0) is 30.0. The highest BCUT2D eigenvalue weighted by Crippen LogP contribution is 2.42. The third-order valence-electron chi connectivity index (χ3n) is 7.53. The number of methoxy groups -OCH3 is 1. The highest BCUT2D eigenvalue weighted by Gasteiger charge is 2.40. The van der Waals surface area contributed by atoms with E-state index < -0.39 is 21.9 Å². The number of hydrogen-bond acceptors (Lipinski definition) is 6. The fourth-order valence-corrected chi connectivity index (χ4v) is 7.58. The van der Waals surface area contributed by atoms with Crippen LogP contribution >= 0.6 is 11.6 Å². The Labute approximate surface area is 251 Å². The Bertz CT molecular complexity index is 1620. The molecule has 2 aromatic carbocycles. The summed E-state index contributed by atoms with van der Waals surface area (Å²) >= 11 is 6.30. The predicted molar refractivity (Wildman–Crippen MR) is 162 cm³/mol. The number of aromatic nitrogens is 2. The summed E-state index contributed by atoms with van der Waals surface area (Å²) in [6, 6.07) is 9.84. The van der Waals surface area contributed by atoms with E-state index in [4.69, 9.17) is 25.8 Å². The van der Waals surface area contributed by atoms with Gasteiger partial charge in [-0.1, -0.05) is 36.4 Å². The number of fused-ring (bicyclic) bond motifs is 2. The van der Waals surface area contributed by atoms with E-state index in [1.165, 1.54) is 10.4 Å². The fraction of sp³-hybridized carbons (Fsp3) is 0.387. The standard InChI is InChI=1S/C31H35ClFN3O5S/c1-5-40-31-30(26-11-6-7-16-35(26)34-31)42(37,38)36-19-23(14-12-21(3)39-4)41-28-15-13-22(18-27(28)36)17-20(2)29-24(32)9-8-10-25(29)33/h8-10,13,15,17-18,23H,3,5-7,11-12,14,16,19H2,1-2,4H3/b20-17+/t23-/m0/s1. The molecular formula is C31H35ClFN3O5S. The van der Waals surface area contributed by atoms with Crippen molar-refractivity contribution in [2.24, 2.45) is 0 Å². The number of nitrogens with zero attached hydrogens (tertiary/aromatic N) is 3.